The Kier molecular flexibility index (Phi) is 5.70. The molecule has 3 N–H and O–H groups in total. The van der Waals surface area contributed by atoms with Gasteiger partial charge in [-0.25, -0.2) is 0 Å². The van der Waals surface area contributed by atoms with Gasteiger partial charge in [0.2, 0.25) is 5.91 Å². The minimum Gasteiger partial charge on any atom is -0.377 e. The third-order valence-electron chi connectivity index (χ3n) is 4.77. The molecular formula is C18H24N4O4. The van der Waals surface area contributed by atoms with Crippen molar-refractivity contribution in [3.63, 3.8) is 0 Å². The monoisotopic (exact) mass is 360 g/mol. The van der Waals surface area contributed by atoms with Gasteiger partial charge >= 0.3 is 0 Å². The number of benzene rings is 1. The first-order chi connectivity index (χ1) is 12.5. The van der Waals surface area contributed by atoms with Crippen molar-refractivity contribution in [3.8, 4) is 0 Å². The molecule has 1 aromatic carbocycles. The zero-order chi connectivity index (χ0) is 18.5. The minimum atomic E-state index is -0.503. The number of carbonyl (C=O) groups excluding carboxylic acids is 2. The maximum atomic E-state index is 12.2. The lowest BCUT2D eigenvalue weighted by atomic mass is 9.95. The van der Waals surface area contributed by atoms with E-state index in [9.17, 15) is 19.7 Å². The predicted molar refractivity (Wildman–Crippen MR) is 97.1 cm³/mol. The van der Waals surface area contributed by atoms with E-state index >= 15 is 0 Å². The number of nitrogens with zero attached hydrogens (tertiary/aromatic N) is 1. The van der Waals surface area contributed by atoms with Gasteiger partial charge in [0.1, 0.15) is 5.69 Å². The first-order valence-corrected chi connectivity index (χ1v) is 9.15. The number of amides is 2. The number of carbonyl (C=O) groups is 2. The van der Waals surface area contributed by atoms with Crippen molar-refractivity contribution in [3.05, 3.63) is 33.9 Å². The number of hydrogen-bond acceptors (Lipinski definition) is 5. The van der Waals surface area contributed by atoms with Crippen LogP contribution >= 0.6 is 0 Å². The molecule has 2 amide bonds. The van der Waals surface area contributed by atoms with Gasteiger partial charge in [0.25, 0.3) is 11.6 Å². The highest BCUT2D eigenvalue weighted by Gasteiger charge is 2.25. The van der Waals surface area contributed by atoms with Crippen LogP contribution in [0.4, 0.5) is 11.4 Å². The van der Waals surface area contributed by atoms with Gasteiger partial charge < -0.3 is 16.0 Å². The highest BCUT2D eigenvalue weighted by molar-refractivity contribution is 5.97. The van der Waals surface area contributed by atoms with Crippen molar-refractivity contribution >= 4 is 23.2 Å². The Balaban J connectivity index is 1.55. The van der Waals surface area contributed by atoms with Crippen LogP contribution in [0.15, 0.2) is 18.2 Å². The molecule has 2 aliphatic carbocycles. The second-order valence-corrected chi connectivity index (χ2v) is 6.99. The number of nitro benzene ring substituents is 1. The van der Waals surface area contributed by atoms with Crippen LogP contribution in [0.25, 0.3) is 0 Å². The Morgan fingerprint density at radius 3 is 2.46 bits per heavy atom. The molecule has 0 aromatic heterocycles. The molecule has 8 nitrogen and oxygen atoms in total. The van der Waals surface area contributed by atoms with Crippen LogP contribution < -0.4 is 16.0 Å². The summed E-state index contributed by atoms with van der Waals surface area (Å²) >= 11 is 0. The fourth-order valence-corrected chi connectivity index (χ4v) is 3.18. The molecule has 2 fully saturated rings. The molecule has 0 atom stereocenters. The van der Waals surface area contributed by atoms with Crippen molar-refractivity contribution in [1.29, 1.82) is 0 Å². The quantitative estimate of drug-likeness (QED) is 0.510. The topological polar surface area (TPSA) is 113 Å². The SMILES string of the molecule is O=C(CNC(=O)c1ccc(NC2CC2)c([N+](=O)[O-])c1)NC1CCCCC1. The molecule has 0 heterocycles. The molecule has 0 bridgehead atoms. The van der Waals surface area contributed by atoms with Gasteiger partial charge in [-0.15, -0.1) is 0 Å². The zero-order valence-electron chi connectivity index (χ0n) is 14.6. The molecule has 0 saturated heterocycles. The summed E-state index contributed by atoms with van der Waals surface area (Å²) < 4.78 is 0. The molecule has 0 aliphatic heterocycles. The number of nitro groups is 1. The lowest BCUT2D eigenvalue weighted by Crippen LogP contribution is -2.42. The van der Waals surface area contributed by atoms with E-state index in [-0.39, 0.29) is 35.8 Å². The fraction of sp³-hybridized carbons (Fsp3) is 0.556. The summed E-state index contributed by atoms with van der Waals surface area (Å²) in [6.45, 7) is -0.134. The Bertz CT molecular complexity index is 696. The van der Waals surface area contributed by atoms with Gasteiger partial charge in [-0.2, -0.15) is 0 Å². The Morgan fingerprint density at radius 1 is 1.08 bits per heavy atom. The molecule has 0 unspecified atom stereocenters. The van der Waals surface area contributed by atoms with Crippen LogP contribution in [0, 0.1) is 10.1 Å². The molecule has 2 saturated carbocycles. The van der Waals surface area contributed by atoms with Crippen LogP contribution in [-0.2, 0) is 4.79 Å². The largest absolute Gasteiger partial charge is 0.377 e. The normalized spacial score (nSPS) is 17.4. The average Bonchev–Trinajstić information content (AvgIpc) is 3.44. The van der Waals surface area contributed by atoms with Crippen molar-refractivity contribution in [2.45, 2.75) is 57.0 Å². The van der Waals surface area contributed by atoms with E-state index in [4.69, 9.17) is 0 Å². The summed E-state index contributed by atoms with van der Waals surface area (Å²) in [7, 11) is 0. The van der Waals surface area contributed by atoms with E-state index in [1.807, 2.05) is 0 Å². The van der Waals surface area contributed by atoms with Gasteiger partial charge in [0, 0.05) is 23.7 Å². The number of hydrogen-bond donors (Lipinski definition) is 3. The molecular weight excluding hydrogens is 336 g/mol. The van der Waals surface area contributed by atoms with Gasteiger partial charge in [-0.1, -0.05) is 19.3 Å². The number of nitrogens with one attached hydrogen (secondary N) is 3. The number of rotatable bonds is 7. The predicted octanol–water partition coefficient (Wildman–Crippen LogP) is 2.35. The van der Waals surface area contributed by atoms with E-state index in [2.05, 4.69) is 16.0 Å². The first kappa shape index (κ1) is 18.2. The van der Waals surface area contributed by atoms with E-state index in [0.717, 1.165) is 38.5 Å². The van der Waals surface area contributed by atoms with E-state index in [1.54, 1.807) is 6.07 Å². The Morgan fingerprint density at radius 2 is 1.81 bits per heavy atom. The second-order valence-electron chi connectivity index (χ2n) is 6.99. The summed E-state index contributed by atoms with van der Waals surface area (Å²) in [5, 5.41) is 19.8. The number of anilines is 1. The average molecular weight is 360 g/mol. The highest BCUT2D eigenvalue weighted by atomic mass is 16.6. The lowest BCUT2D eigenvalue weighted by molar-refractivity contribution is -0.384. The molecule has 0 spiro atoms. The van der Waals surface area contributed by atoms with Crippen LogP contribution in [-0.4, -0.2) is 35.4 Å². The summed E-state index contributed by atoms with van der Waals surface area (Å²) in [4.78, 5) is 34.9. The Hall–Kier alpha value is -2.64. The van der Waals surface area contributed by atoms with Crippen molar-refractivity contribution in [2.75, 3.05) is 11.9 Å². The summed E-state index contributed by atoms with van der Waals surface area (Å²) in [6.07, 6.45) is 7.37. The first-order valence-electron chi connectivity index (χ1n) is 9.15. The highest BCUT2D eigenvalue weighted by Crippen LogP contribution is 2.31. The van der Waals surface area contributed by atoms with Gasteiger partial charge in [0.05, 0.1) is 11.5 Å². The maximum Gasteiger partial charge on any atom is 0.293 e. The lowest BCUT2D eigenvalue weighted by Gasteiger charge is -2.22. The van der Waals surface area contributed by atoms with Crippen LogP contribution in [0.5, 0.6) is 0 Å². The molecule has 26 heavy (non-hydrogen) atoms. The van der Waals surface area contributed by atoms with Crippen LogP contribution in [0.3, 0.4) is 0 Å². The van der Waals surface area contributed by atoms with E-state index < -0.39 is 10.8 Å². The fourth-order valence-electron chi connectivity index (χ4n) is 3.18. The molecule has 8 heteroatoms. The molecule has 2 aliphatic rings. The van der Waals surface area contributed by atoms with Crippen LogP contribution in [0.2, 0.25) is 0 Å². The second kappa shape index (κ2) is 8.16. The van der Waals surface area contributed by atoms with Crippen LogP contribution in [0.1, 0.15) is 55.3 Å². The Labute approximate surface area is 151 Å². The van der Waals surface area contributed by atoms with E-state index in [0.29, 0.717) is 5.69 Å². The summed E-state index contributed by atoms with van der Waals surface area (Å²) in [6, 6.07) is 4.79. The third-order valence-corrected chi connectivity index (χ3v) is 4.77. The van der Waals surface area contributed by atoms with Crippen molar-refractivity contribution in [2.24, 2.45) is 0 Å². The smallest absolute Gasteiger partial charge is 0.293 e. The van der Waals surface area contributed by atoms with Gasteiger partial charge in [0.15, 0.2) is 0 Å². The summed E-state index contributed by atoms with van der Waals surface area (Å²) in [5.41, 5.74) is 0.462. The van der Waals surface area contributed by atoms with Gasteiger partial charge in [-0.3, -0.25) is 19.7 Å². The van der Waals surface area contributed by atoms with Crippen molar-refractivity contribution < 1.29 is 14.5 Å². The standard InChI is InChI=1S/C18H24N4O4/c23-17(21-13-4-2-1-3-5-13)11-19-18(24)12-6-9-15(20-14-7-8-14)16(10-12)22(25)26/h6,9-10,13-14,20H,1-5,7-8,11H2,(H,19,24)(H,21,23). The minimum absolute atomic E-state index is 0.129. The van der Waals surface area contributed by atoms with E-state index in [1.165, 1.54) is 18.6 Å². The molecule has 1 aromatic rings. The molecule has 0 radical (unpaired) electrons. The summed E-state index contributed by atoms with van der Waals surface area (Å²) in [5.74, 6) is -0.725. The maximum absolute atomic E-state index is 12.2. The van der Waals surface area contributed by atoms with Crippen molar-refractivity contribution in [1.82, 2.24) is 10.6 Å². The molecule has 3 rings (SSSR count). The third kappa shape index (κ3) is 4.93. The zero-order valence-corrected chi connectivity index (χ0v) is 14.6. The van der Waals surface area contributed by atoms with Gasteiger partial charge in [-0.05, 0) is 37.8 Å². The molecule has 140 valence electrons.